The van der Waals surface area contributed by atoms with E-state index in [1.54, 1.807) is 0 Å². The van der Waals surface area contributed by atoms with Crippen LogP contribution in [0.5, 0.6) is 11.6 Å². The van der Waals surface area contributed by atoms with Crippen LogP contribution in [0.2, 0.25) is 0 Å². The van der Waals surface area contributed by atoms with Gasteiger partial charge in [-0.25, -0.2) is 4.98 Å². The zero-order valence-corrected chi connectivity index (χ0v) is 13.2. The Kier molecular flexibility index (Phi) is 3.97. The lowest BCUT2D eigenvalue weighted by Gasteiger charge is -2.23. The smallest absolute Gasteiger partial charge is 0.219 e. The highest BCUT2D eigenvalue weighted by Crippen LogP contribution is 2.37. The highest BCUT2D eigenvalue weighted by Gasteiger charge is 2.18. The molecule has 0 radical (unpaired) electrons. The Morgan fingerprint density at radius 3 is 2.52 bits per heavy atom. The number of para-hydroxylation sites is 1. The molecule has 1 saturated carbocycles. The quantitative estimate of drug-likeness (QED) is 0.585. The Morgan fingerprint density at radius 2 is 1.70 bits per heavy atom. The van der Waals surface area contributed by atoms with Crippen molar-refractivity contribution in [1.82, 2.24) is 4.98 Å². The van der Waals surface area contributed by atoms with E-state index in [1.165, 1.54) is 48.4 Å². The van der Waals surface area contributed by atoms with Crippen molar-refractivity contribution in [3.8, 4) is 11.6 Å². The SMILES string of the molecule is c1ccc(Oc2cc3c(C4CCCCC4)cccc3cn2)cc1. The third kappa shape index (κ3) is 3.07. The minimum absolute atomic E-state index is 0.673. The fourth-order valence-corrected chi connectivity index (χ4v) is 3.61. The number of hydrogen-bond acceptors (Lipinski definition) is 2. The molecule has 2 aromatic carbocycles. The number of benzene rings is 2. The molecule has 1 fully saturated rings. The van der Waals surface area contributed by atoms with Crippen molar-refractivity contribution in [2.45, 2.75) is 38.0 Å². The van der Waals surface area contributed by atoms with Crippen LogP contribution in [0.15, 0.2) is 60.8 Å². The minimum Gasteiger partial charge on any atom is -0.439 e. The van der Waals surface area contributed by atoms with Crippen molar-refractivity contribution in [2.75, 3.05) is 0 Å². The first-order valence-corrected chi connectivity index (χ1v) is 8.52. The molecule has 1 aliphatic rings. The summed E-state index contributed by atoms with van der Waals surface area (Å²) in [4.78, 5) is 4.47. The van der Waals surface area contributed by atoms with Crippen molar-refractivity contribution >= 4 is 10.8 Å². The van der Waals surface area contributed by atoms with Gasteiger partial charge in [0.25, 0.3) is 0 Å². The van der Waals surface area contributed by atoms with Gasteiger partial charge >= 0.3 is 0 Å². The number of aromatic nitrogens is 1. The van der Waals surface area contributed by atoms with Gasteiger partial charge in [0.2, 0.25) is 5.88 Å². The Bertz CT molecular complexity index is 791. The van der Waals surface area contributed by atoms with E-state index in [0.717, 1.165) is 5.75 Å². The van der Waals surface area contributed by atoms with Gasteiger partial charge in [0.05, 0.1) is 0 Å². The summed E-state index contributed by atoms with van der Waals surface area (Å²) in [6.07, 6.45) is 8.61. The second-order valence-electron chi connectivity index (χ2n) is 6.34. The summed E-state index contributed by atoms with van der Waals surface area (Å²) in [7, 11) is 0. The van der Waals surface area contributed by atoms with Crippen LogP contribution in [0.1, 0.15) is 43.6 Å². The van der Waals surface area contributed by atoms with Crippen molar-refractivity contribution in [1.29, 1.82) is 0 Å². The summed E-state index contributed by atoms with van der Waals surface area (Å²) in [6, 6.07) is 18.5. The molecule has 0 spiro atoms. The van der Waals surface area contributed by atoms with Gasteiger partial charge in [-0.1, -0.05) is 55.7 Å². The third-order valence-electron chi connectivity index (χ3n) is 4.78. The molecule has 23 heavy (non-hydrogen) atoms. The lowest BCUT2D eigenvalue weighted by atomic mass is 9.82. The van der Waals surface area contributed by atoms with E-state index in [0.29, 0.717) is 11.8 Å². The lowest BCUT2D eigenvalue weighted by molar-refractivity contribution is 0.445. The number of ether oxygens (including phenoxy) is 1. The minimum atomic E-state index is 0.673. The molecule has 1 aliphatic carbocycles. The van der Waals surface area contributed by atoms with E-state index < -0.39 is 0 Å². The van der Waals surface area contributed by atoms with Crippen molar-refractivity contribution < 1.29 is 4.74 Å². The van der Waals surface area contributed by atoms with Gasteiger partial charge in [-0.05, 0) is 41.8 Å². The molecule has 0 unspecified atom stereocenters. The average Bonchev–Trinajstić information content (AvgIpc) is 2.63. The summed E-state index contributed by atoms with van der Waals surface area (Å²) in [5, 5.41) is 2.49. The number of rotatable bonds is 3. The van der Waals surface area contributed by atoms with Crippen LogP contribution in [-0.4, -0.2) is 4.98 Å². The molecule has 0 bridgehead atoms. The summed E-state index contributed by atoms with van der Waals surface area (Å²) < 4.78 is 5.92. The molecule has 0 aliphatic heterocycles. The molecule has 0 atom stereocenters. The molecular formula is C21H21NO. The Morgan fingerprint density at radius 1 is 0.870 bits per heavy atom. The largest absolute Gasteiger partial charge is 0.439 e. The van der Waals surface area contributed by atoms with Gasteiger partial charge in [0, 0.05) is 17.6 Å². The lowest BCUT2D eigenvalue weighted by Crippen LogP contribution is -2.05. The molecule has 1 heterocycles. The zero-order valence-electron chi connectivity index (χ0n) is 13.2. The molecule has 0 N–H and O–H groups in total. The fourth-order valence-electron chi connectivity index (χ4n) is 3.61. The van der Waals surface area contributed by atoms with Crippen molar-refractivity contribution in [3.63, 3.8) is 0 Å². The van der Waals surface area contributed by atoms with Crippen LogP contribution in [0.4, 0.5) is 0 Å². The maximum Gasteiger partial charge on any atom is 0.219 e. The van der Waals surface area contributed by atoms with Gasteiger partial charge < -0.3 is 4.74 Å². The topological polar surface area (TPSA) is 22.1 Å². The molecule has 0 amide bonds. The maximum absolute atomic E-state index is 5.92. The maximum atomic E-state index is 5.92. The van der Waals surface area contributed by atoms with E-state index in [1.807, 2.05) is 36.5 Å². The summed E-state index contributed by atoms with van der Waals surface area (Å²) >= 11 is 0. The van der Waals surface area contributed by atoms with Gasteiger partial charge in [0.1, 0.15) is 5.75 Å². The molecule has 116 valence electrons. The molecule has 3 aromatic rings. The highest BCUT2D eigenvalue weighted by molar-refractivity contribution is 5.86. The molecule has 0 saturated heterocycles. The van der Waals surface area contributed by atoms with Crippen LogP contribution in [-0.2, 0) is 0 Å². The summed E-state index contributed by atoms with van der Waals surface area (Å²) in [6.45, 7) is 0. The van der Waals surface area contributed by atoms with Crippen molar-refractivity contribution in [2.24, 2.45) is 0 Å². The number of nitrogens with zero attached hydrogens (tertiary/aromatic N) is 1. The zero-order chi connectivity index (χ0) is 15.5. The third-order valence-corrected chi connectivity index (χ3v) is 4.78. The first-order chi connectivity index (χ1) is 11.4. The number of fused-ring (bicyclic) bond motifs is 1. The standard InChI is InChI=1S/C21H21NO/c1-3-8-16(9-4-1)19-13-7-10-17-15-22-21(14-20(17)19)23-18-11-5-2-6-12-18/h2,5-7,10-16H,1,3-4,8-9H2. The molecule has 2 nitrogen and oxygen atoms in total. The van der Waals surface area contributed by atoms with Gasteiger partial charge in [-0.3, -0.25) is 0 Å². The van der Waals surface area contributed by atoms with Crippen LogP contribution < -0.4 is 4.74 Å². The first kappa shape index (κ1) is 14.3. The molecular weight excluding hydrogens is 282 g/mol. The second-order valence-corrected chi connectivity index (χ2v) is 6.34. The predicted molar refractivity (Wildman–Crippen MR) is 94.1 cm³/mol. The molecule has 1 aromatic heterocycles. The first-order valence-electron chi connectivity index (χ1n) is 8.52. The van der Waals surface area contributed by atoms with E-state index in [4.69, 9.17) is 4.74 Å². The highest BCUT2D eigenvalue weighted by atomic mass is 16.5. The second kappa shape index (κ2) is 6.41. The fraction of sp³-hybridized carbons (Fsp3) is 0.286. The Labute approximate surface area is 137 Å². The van der Waals surface area contributed by atoms with Crippen LogP contribution in [0.3, 0.4) is 0 Å². The van der Waals surface area contributed by atoms with Crippen molar-refractivity contribution in [3.05, 3.63) is 66.4 Å². The summed E-state index contributed by atoms with van der Waals surface area (Å²) in [5.41, 5.74) is 1.46. The van der Waals surface area contributed by atoms with E-state index >= 15 is 0 Å². The van der Waals surface area contributed by atoms with Crippen LogP contribution in [0, 0.1) is 0 Å². The van der Waals surface area contributed by atoms with Gasteiger partial charge in [0.15, 0.2) is 0 Å². The van der Waals surface area contributed by atoms with E-state index in [-0.39, 0.29) is 0 Å². The van der Waals surface area contributed by atoms with E-state index in [9.17, 15) is 0 Å². The molecule has 4 rings (SSSR count). The Balaban J connectivity index is 1.71. The van der Waals surface area contributed by atoms with Gasteiger partial charge in [-0.15, -0.1) is 0 Å². The molecule has 2 heteroatoms. The monoisotopic (exact) mass is 303 g/mol. The van der Waals surface area contributed by atoms with Gasteiger partial charge in [-0.2, -0.15) is 0 Å². The van der Waals surface area contributed by atoms with Crippen LogP contribution in [0.25, 0.3) is 10.8 Å². The predicted octanol–water partition coefficient (Wildman–Crippen LogP) is 6.07. The van der Waals surface area contributed by atoms with Crippen LogP contribution >= 0.6 is 0 Å². The summed E-state index contributed by atoms with van der Waals surface area (Å²) in [5.74, 6) is 2.18. The normalized spacial score (nSPS) is 15.7. The average molecular weight is 303 g/mol. The number of hydrogen-bond donors (Lipinski definition) is 0. The number of pyridine rings is 1. The Hall–Kier alpha value is -2.35. The van der Waals surface area contributed by atoms with E-state index in [2.05, 4.69) is 29.2 Å².